The molecule has 0 radical (unpaired) electrons. The topological polar surface area (TPSA) is 88.3 Å². The predicted molar refractivity (Wildman–Crippen MR) is 80.8 cm³/mol. The summed E-state index contributed by atoms with van der Waals surface area (Å²) < 4.78 is 30.1. The molecule has 0 saturated carbocycles. The van der Waals surface area contributed by atoms with Gasteiger partial charge in [-0.15, -0.1) is 0 Å². The minimum atomic E-state index is -3.22. The zero-order chi connectivity index (χ0) is 15.5. The highest BCUT2D eigenvalue weighted by molar-refractivity contribution is 7.89. The molecule has 6 nitrogen and oxygen atoms in total. The van der Waals surface area contributed by atoms with Crippen molar-refractivity contribution in [1.29, 1.82) is 0 Å². The van der Waals surface area contributed by atoms with E-state index in [4.69, 9.17) is 4.74 Å². The van der Waals surface area contributed by atoms with Crippen LogP contribution in [0.4, 0.5) is 0 Å². The molecule has 21 heavy (non-hydrogen) atoms. The van der Waals surface area contributed by atoms with E-state index in [0.717, 1.165) is 16.5 Å². The van der Waals surface area contributed by atoms with E-state index in [1.807, 2.05) is 18.2 Å². The summed E-state index contributed by atoms with van der Waals surface area (Å²) in [6.07, 6.45) is 0.416. The zero-order valence-electron chi connectivity index (χ0n) is 12.0. The molecule has 2 N–H and O–H groups in total. The van der Waals surface area contributed by atoms with Gasteiger partial charge in [0, 0.05) is 10.9 Å². The molecular formula is C14H18N2O4S. The molecule has 1 aromatic heterocycles. The van der Waals surface area contributed by atoms with Gasteiger partial charge in [0.15, 0.2) is 0 Å². The Kier molecular flexibility index (Phi) is 4.64. The fraction of sp³-hybridized carbons (Fsp3) is 0.357. The SMILES string of the molecule is CCOC(=O)c1cc2cc(CCS(=O)(=O)NC)ccc2[nH]1. The molecule has 7 heteroatoms. The number of H-pyrrole nitrogens is 1. The van der Waals surface area contributed by atoms with Crippen LogP contribution in [0.5, 0.6) is 0 Å². The molecule has 0 spiro atoms. The van der Waals surface area contributed by atoms with Crippen molar-refractivity contribution in [2.75, 3.05) is 19.4 Å². The summed E-state index contributed by atoms with van der Waals surface area (Å²) >= 11 is 0. The largest absolute Gasteiger partial charge is 0.461 e. The first kappa shape index (κ1) is 15.5. The molecule has 0 amide bonds. The molecule has 2 aromatic rings. The molecule has 1 heterocycles. The molecule has 0 aliphatic rings. The fourth-order valence-electron chi connectivity index (χ4n) is 2.01. The van der Waals surface area contributed by atoms with Crippen molar-refractivity contribution in [3.8, 4) is 0 Å². The van der Waals surface area contributed by atoms with Gasteiger partial charge < -0.3 is 9.72 Å². The smallest absolute Gasteiger partial charge is 0.354 e. The highest BCUT2D eigenvalue weighted by atomic mass is 32.2. The second kappa shape index (κ2) is 6.28. The Hall–Kier alpha value is -1.86. The van der Waals surface area contributed by atoms with Gasteiger partial charge in [-0.25, -0.2) is 17.9 Å². The molecule has 0 atom stereocenters. The number of aromatic amines is 1. The number of hydrogen-bond donors (Lipinski definition) is 2. The standard InChI is InChI=1S/C14H18N2O4S/c1-3-20-14(17)13-9-11-8-10(4-5-12(11)16-13)6-7-21(18,19)15-2/h4-5,8-9,15-16H,3,6-7H2,1-2H3. The van der Waals surface area contributed by atoms with Gasteiger partial charge in [-0.2, -0.15) is 0 Å². The summed E-state index contributed by atoms with van der Waals surface area (Å²) in [6.45, 7) is 2.07. The van der Waals surface area contributed by atoms with E-state index in [9.17, 15) is 13.2 Å². The summed E-state index contributed by atoms with van der Waals surface area (Å²) in [5.74, 6) is -0.363. The number of ether oxygens (including phenoxy) is 1. The molecule has 0 aliphatic heterocycles. The maximum absolute atomic E-state index is 11.7. The van der Waals surface area contributed by atoms with E-state index < -0.39 is 16.0 Å². The van der Waals surface area contributed by atoms with Crippen LogP contribution < -0.4 is 4.72 Å². The number of fused-ring (bicyclic) bond motifs is 1. The highest BCUT2D eigenvalue weighted by Gasteiger charge is 2.11. The van der Waals surface area contributed by atoms with Crippen LogP contribution in [0, 0.1) is 0 Å². The monoisotopic (exact) mass is 310 g/mol. The van der Waals surface area contributed by atoms with Gasteiger partial charge >= 0.3 is 5.97 Å². The molecule has 1 aromatic carbocycles. The molecule has 0 unspecified atom stereocenters. The number of aromatic nitrogens is 1. The van der Waals surface area contributed by atoms with Crippen LogP contribution in [0.2, 0.25) is 0 Å². The lowest BCUT2D eigenvalue weighted by Gasteiger charge is -2.02. The van der Waals surface area contributed by atoms with Crippen LogP contribution in [0.15, 0.2) is 24.3 Å². The van der Waals surface area contributed by atoms with Crippen molar-refractivity contribution in [3.63, 3.8) is 0 Å². The lowest BCUT2D eigenvalue weighted by molar-refractivity contribution is 0.0520. The van der Waals surface area contributed by atoms with Crippen LogP contribution in [-0.4, -0.2) is 38.8 Å². The zero-order valence-corrected chi connectivity index (χ0v) is 12.8. The van der Waals surface area contributed by atoms with Crippen LogP contribution in [0.25, 0.3) is 10.9 Å². The van der Waals surface area contributed by atoms with Crippen LogP contribution in [0.1, 0.15) is 23.0 Å². The Labute approximate surface area is 123 Å². The minimum absolute atomic E-state index is 0.0319. The predicted octanol–water partition coefficient (Wildman–Crippen LogP) is 1.44. The first-order valence-corrected chi connectivity index (χ1v) is 8.30. The summed E-state index contributed by atoms with van der Waals surface area (Å²) in [5.41, 5.74) is 2.11. The fourth-order valence-corrected chi connectivity index (χ4v) is 2.72. The van der Waals surface area contributed by atoms with Crippen molar-refractivity contribution in [3.05, 3.63) is 35.5 Å². The van der Waals surface area contributed by atoms with E-state index in [1.54, 1.807) is 13.0 Å². The maximum atomic E-state index is 11.7. The van der Waals surface area contributed by atoms with E-state index >= 15 is 0 Å². The second-order valence-electron chi connectivity index (χ2n) is 4.60. The number of sulfonamides is 1. The van der Waals surface area contributed by atoms with Crippen molar-refractivity contribution in [2.24, 2.45) is 0 Å². The third-order valence-electron chi connectivity index (χ3n) is 3.15. The number of aryl methyl sites for hydroxylation is 1. The highest BCUT2D eigenvalue weighted by Crippen LogP contribution is 2.18. The number of nitrogens with one attached hydrogen (secondary N) is 2. The van der Waals surface area contributed by atoms with Gasteiger partial charge in [0.2, 0.25) is 10.0 Å². The molecule has 2 rings (SSSR count). The lowest BCUT2D eigenvalue weighted by atomic mass is 10.1. The van der Waals surface area contributed by atoms with Crippen LogP contribution >= 0.6 is 0 Å². The maximum Gasteiger partial charge on any atom is 0.354 e. The van der Waals surface area contributed by atoms with E-state index in [0.29, 0.717) is 18.7 Å². The first-order chi connectivity index (χ1) is 9.95. The summed E-state index contributed by atoms with van der Waals surface area (Å²) in [6, 6.07) is 7.27. The molecule has 114 valence electrons. The molecule has 0 saturated heterocycles. The average molecular weight is 310 g/mol. The number of carbonyl (C=O) groups excluding carboxylic acids is 1. The summed E-state index contributed by atoms with van der Waals surface area (Å²) in [4.78, 5) is 14.6. The van der Waals surface area contributed by atoms with Crippen LogP contribution in [0.3, 0.4) is 0 Å². The third kappa shape index (κ3) is 3.83. The Bertz CT molecular complexity index is 749. The van der Waals surface area contributed by atoms with Gasteiger partial charge in [-0.3, -0.25) is 0 Å². The van der Waals surface area contributed by atoms with E-state index in [-0.39, 0.29) is 5.75 Å². The Morgan fingerprint density at radius 1 is 1.33 bits per heavy atom. The number of esters is 1. The molecule has 0 bridgehead atoms. The average Bonchev–Trinajstić information content (AvgIpc) is 2.89. The minimum Gasteiger partial charge on any atom is -0.461 e. The lowest BCUT2D eigenvalue weighted by Crippen LogP contribution is -2.23. The molecule has 0 aliphatic carbocycles. The van der Waals surface area contributed by atoms with Gasteiger partial charge in [0.1, 0.15) is 5.69 Å². The normalized spacial score (nSPS) is 11.7. The van der Waals surface area contributed by atoms with Crippen LogP contribution in [-0.2, 0) is 21.2 Å². The Balaban J connectivity index is 2.20. The van der Waals surface area contributed by atoms with Gasteiger partial charge in [-0.1, -0.05) is 6.07 Å². The quantitative estimate of drug-likeness (QED) is 0.790. The number of carbonyl (C=O) groups is 1. The summed E-state index contributed by atoms with van der Waals surface area (Å²) in [5, 5.41) is 0.859. The van der Waals surface area contributed by atoms with Crippen molar-refractivity contribution in [1.82, 2.24) is 9.71 Å². The van der Waals surface area contributed by atoms with E-state index in [1.165, 1.54) is 7.05 Å². The molecular weight excluding hydrogens is 292 g/mol. The van der Waals surface area contributed by atoms with Gasteiger partial charge in [-0.05, 0) is 44.2 Å². The van der Waals surface area contributed by atoms with Crippen molar-refractivity contribution in [2.45, 2.75) is 13.3 Å². The van der Waals surface area contributed by atoms with Gasteiger partial charge in [0.25, 0.3) is 0 Å². The van der Waals surface area contributed by atoms with Gasteiger partial charge in [0.05, 0.1) is 12.4 Å². The second-order valence-corrected chi connectivity index (χ2v) is 6.64. The number of hydrogen-bond acceptors (Lipinski definition) is 4. The van der Waals surface area contributed by atoms with E-state index in [2.05, 4.69) is 9.71 Å². The van der Waals surface area contributed by atoms with Crippen molar-refractivity contribution < 1.29 is 17.9 Å². The van der Waals surface area contributed by atoms with Crippen molar-refractivity contribution >= 4 is 26.9 Å². The Morgan fingerprint density at radius 2 is 2.10 bits per heavy atom. The first-order valence-electron chi connectivity index (χ1n) is 6.65. The number of benzene rings is 1. The Morgan fingerprint density at radius 3 is 2.76 bits per heavy atom. The summed E-state index contributed by atoms with van der Waals surface area (Å²) in [7, 11) is -1.82. The third-order valence-corrected chi connectivity index (χ3v) is 4.51. The molecule has 0 fully saturated rings. The number of rotatable bonds is 6.